The van der Waals surface area contributed by atoms with E-state index in [1.54, 1.807) is 48.5 Å². The fourth-order valence-corrected chi connectivity index (χ4v) is 3.59. The van der Waals surface area contributed by atoms with Crippen molar-refractivity contribution in [2.75, 3.05) is 5.01 Å². The molecule has 30 heavy (non-hydrogen) atoms. The SMILES string of the molecule is NS(=O)(=O)c1ccc(-c2ccc(/C=C3/C(=O)NN(c4cccc(Cl)c4)C3=O)o2)cc1. The number of hydrazine groups is 1. The van der Waals surface area contributed by atoms with Gasteiger partial charge in [0, 0.05) is 10.6 Å². The van der Waals surface area contributed by atoms with E-state index in [1.165, 1.54) is 18.2 Å². The van der Waals surface area contributed by atoms with Crippen LogP contribution in [0.5, 0.6) is 0 Å². The van der Waals surface area contributed by atoms with Crippen molar-refractivity contribution in [1.82, 2.24) is 5.43 Å². The average Bonchev–Trinajstić information content (AvgIpc) is 3.28. The molecule has 1 aromatic heterocycles. The summed E-state index contributed by atoms with van der Waals surface area (Å²) in [6, 6.07) is 15.6. The number of benzene rings is 2. The summed E-state index contributed by atoms with van der Waals surface area (Å²) < 4.78 is 28.4. The number of anilines is 1. The maximum atomic E-state index is 12.7. The van der Waals surface area contributed by atoms with E-state index >= 15 is 0 Å². The van der Waals surface area contributed by atoms with Crippen molar-refractivity contribution >= 4 is 45.2 Å². The molecule has 1 saturated heterocycles. The maximum Gasteiger partial charge on any atom is 0.282 e. The number of rotatable bonds is 4. The first-order chi connectivity index (χ1) is 14.2. The summed E-state index contributed by atoms with van der Waals surface area (Å²) in [6.07, 6.45) is 1.34. The van der Waals surface area contributed by atoms with Crippen LogP contribution in [0.15, 0.2) is 75.5 Å². The summed E-state index contributed by atoms with van der Waals surface area (Å²) in [6.45, 7) is 0. The Morgan fingerprint density at radius 3 is 2.43 bits per heavy atom. The van der Waals surface area contributed by atoms with Crippen LogP contribution < -0.4 is 15.6 Å². The molecule has 1 aliphatic rings. The quantitative estimate of drug-likeness (QED) is 0.474. The first-order valence-electron chi connectivity index (χ1n) is 8.58. The van der Waals surface area contributed by atoms with Crippen LogP contribution in [0.3, 0.4) is 0 Å². The molecule has 0 atom stereocenters. The number of carbonyl (C=O) groups is 2. The molecule has 0 bridgehead atoms. The number of halogens is 1. The lowest BCUT2D eigenvalue weighted by molar-refractivity contribution is -0.117. The second kappa shape index (κ2) is 7.45. The highest BCUT2D eigenvalue weighted by Crippen LogP contribution is 2.27. The van der Waals surface area contributed by atoms with Crippen LogP contribution in [-0.4, -0.2) is 20.2 Å². The first-order valence-corrected chi connectivity index (χ1v) is 10.5. The van der Waals surface area contributed by atoms with Crippen LogP contribution in [-0.2, 0) is 19.6 Å². The predicted molar refractivity (Wildman–Crippen MR) is 111 cm³/mol. The van der Waals surface area contributed by atoms with E-state index in [4.69, 9.17) is 21.2 Å². The molecular weight excluding hydrogens is 430 g/mol. The molecule has 0 saturated carbocycles. The van der Waals surface area contributed by atoms with Gasteiger partial charge >= 0.3 is 0 Å². The molecule has 10 heteroatoms. The Kier molecular flexibility index (Phi) is 4.94. The van der Waals surface area contributed by atoms with Crippen LogP contribution in [0.4, 0.5) is 5.69 Å². The number of carbonyl (C=O) groups excluding carboxylic acids is 2. The van der Waals surface area contributed by atoms with Crippen molar-refractivity contribution in [2.24, 2.45) is 5.14 Å². The van der Waals surface area contributed by atoms with Gasteiger partial charge in [0.15, 0.2) is 0 Å². The minimum absolute atomic E-state index is 0.0190. The van der Waals surface area contributed by atoms with Gasteiger partial charge in [-0.3, -0.25) is 15.0 Å². The molecule has 3 aromatic rings. The van der Waals surface area contributed by atoms with Gasteiger partial charge in [0.25, 0.3) is 11.8 Å². The molecule has 1 aliphatic heterocycles. The topological polar surface area (TPSA) is 123 Å². The summed E-state index contributed by atoms with van der Waals surface area (Å²) >= 11 is 5.95. The molecule has 0 aliphatic carbocycles. The summed E-state index contributed by atoms with van der Waals surface area (Å²) in [5.74, 6) is -0.402. The number of nitrogens with zero attached hydrogens (tertiary/aromatic N) is 1. The minimum Gasteiger partial charge on any atom is -0.457 e. The Bertz CT molecular complexity index is 1300. The molecular formula is C20H14ClN3O5S. The van der Waals surface area contributed by atoms with E-state index in [0.29, 0.717) is 22.0 Å². The van der Waals surface area contributed by atoms with Crippen LogP contribution >= 0.6 is 11.6 Å². The monoisotopic (exact) mass is 443 g/mol. The lowest BCUT2D eigenvalue weighted by Gasteiger charge is -2.14. The third kappa shape index (κ3) is 3.86. The largest absolute Gasteiger partial charge is 0.457 e. The molecule has 8 nitrogen and oxygen atoms in total. The Hall–Kier alpha value is -3.40. The molecule has 2 heterocycles. The Labute approximate surface area is 176 Å². The van der Waals surface area contributed by atoms with E-state index in [-0.39, 0.29) is 16.2 Å². The van der Waals surface area contributed by atoms with Gasteiger partial charge in [-0.2, -0.15) is 0 Å². The highest BCUT2D eigenvalue weighted by Gasteiger charge is 2.34. The van der Waals surface area contributed by atoms with E-state index in [9.17, 15) is 18.0 Å². The Morgan fingerprint density at radius 2 is 1.77 bits per heavy atom. The summed E-state index contributed by atoms with van der Waals surface area (Å²) in [4.78, 5) is 24.9. The number of furan rings is 1. The van der Waals surface area contributed by atoms with Gasteiger partial charge in [-0.05, 0) is 60.7 Å². The summed E-state index contributed by atoms with van der Waals surface area (Å²) in [7, 11) is -3.79. The van der Waals surface area contributed by atoms with Crippen molar-refractivity contribution in [2.45, 2.75) is 4.90 Å². The second-order valence-corrected chi connectivity index (χ2v) is 8.39. The van der Waals surface area contributed by atoms with Gasteiger partial charge in [-0.15, -0.1) is 0 Å². The number of sulfonamides is 1. The highest BCUT2D eigenvalue weighted by atomic mass is 35.5. The molecule has 1 fully saturated rings. The first kappa shape index (κ1) is 19.9. The van der Waals surface area contributed by atoms with Gasteiger partial charge in [0.1, 0.15) is 17.1 Å². The molecule has 152 valence electrons. The summed E-state index contributed by atoms with van der Waals surface area (Å²) in [5, 5.41) is 6.62. The third-order valence-corrected chi connectivity index (χ3v) is 5.50. The average molecular weight is 444 g/mol. The molecule has 2 aromatic carbocycles. The number of nitrogens with one attached hydrogen (secondary N) is 1. The minimum atomic E-state index is -3.79. The number of nitrogens with two attached hydrogens (primary N) is 1. The van der Waals surface area contributed by atoms with Crippen molar-refractivity contribution in [1.29, 1.82) is 0 Å². The molecule has 0 radical (unpaired) electrons. The van der Waals surface area contributed by atoms with Crippen molar-refractivity contribution < 1.29 is 22.4 Å². The number of primary sulfonamides is 1. The normalized spacial score (nSPS) is 15.7. The third-order valence-electron chi connectivity index (χ3n) is 4.34. The maximum absolute atomic E-state index is 12.7. The van der Waals surface area contributed by atoms with Gasteiger partial charge in [-0.1, -0.05) is 17.7 Å². The van der Waals surface area contributed by atoms with Gasteiger partial charge in [0.2, 0.25) is 10.0 Å². The van der Waals surface area contributed by atoms with Crippen LogP contribution in [0, 0.1) is 0 Å². The fraction of sp³-hybridized carbons (Fsp3) is 0. The lowest BCUT2D eigenvalue weighted by Crippen LogP contribution is -2.35. The van der Waals surface area contributed by atoms with Gasteiger partial charge in [-0.25, -0.2) is 18.6 Å². The number of amides is 2. The molecule has 2 amide bonds. The fourth-order valence-electron chi connectivity index (χ4n) is 2.89. The van der Waals surface area contributed by atoms with Crippen LogP contribution in [0.1, 0.15) is 5.76 Å². The number of hydrogen-bond acceptors (Lipinski definition) is 5. The van der Waals surface area contributed by atoms with Crippen LogP contribution in [0.25, 0.3) is 17.4 Å². The van der Waals surface area contributed by atoms with Crippen LogP contribution in [0.2, 0.25) is 5.02 Å². The molecule has 0 spiro atoms. The zero-order chi connectivity index (χ0) is 21.5. The van der Waals surface area contributed by atoms with Crippen molar-refractivity contribution in [3.05, 3.63) is 77.0 Å². The van der Waals surface area contributed by atoms with Crippen molar-refractivity contribution in [3.8, 4) is 11.3 Å². The highest BCUT2D eigenvalue weighted by molar-refractivity contribution is 7.89. The summed E-state index contributed by atoms with van der Waals surface area (Å²) in [5.41, 5.74) is 3.42. The standard InChI is InChI=1S/C20H14ClN3O5S/c21-13-2-1-3-14(10-13)24-20(26)17(19(25)23-24)11-15-6-9-18(29-15)12-4-7-16(8-5-12)30(22,27)28/h1-11H,(H,23,25)(H2,22,27,28)/b17-11-. The van der Waals surface area contributed by atoms with E-state index < -0.39 is 21.8 Å². The Morgan fingerprint density at radius 1 is 1.03 bits per heavy atom. The van der Waals surface area contributed by atoms with Crippen molar-refractivity contribution in [3.63, 3.8) is 0 Å². The zero-order valence-electron chi connectivity index (χ0n) is 15.2. The second-order valence-electron chi connectivity index (χ2n) is 6.39. The lowest BCUT2D eigenvalue weighted by atomic mass is 10.2. The predicted octanol–water partition coefficient (Wildman–Crippen LogP) is 2.71. The zero-order valence-corrected chi connectivity index (χ0v) is 16.8. The molecule has 3 N–H and O–H groups in total. The molecule has 4 rings (SSSR count). The van der Waals surface area contributed by atoms with E-state index in [0.717, 1.165) is 5.01 Å². The van der Waals surface area contributed by atoms with Gasteiger partial charge in [0.05, 0.1) is 10.6 Å². The van der Waals surface area contributed by atoms with E-state index in [2.05, 4.69) is 5.43 Å². The Balaban J connectivity index is 1.59. The van der Waals surface area contributed by atoms with Gasteiger partial charge < -0.3 is 4.42 Å². The number of hydrogen-bond donors (Lipinski definition) is 2. The molecule has 0 unspecified atom stereocenters. The van der Waals surface area contributed by atoms with E-state index in [1.807, 2.05) is 0 Å². The smallest absolute Gasteiger partial charge is 0.282 e.